The molecule has 0 bridgehead atoms. The molecule has 13 heavy (non-hydrogen) atoms. The van der Waals surface area contributed by atoms with Gasteiger partial charge in [-0.05, 0) is 13.0 Å². The maximum Gasteiger partial charge on any atom is 0.222 e. The van der Waals surface area contributed by atoms with E-state index in [4.69, 9.17) is 11.0 Å². The molecule has 0 amide bonds. The zero-order valence-electron chi connectivity index (χ0n) is 7.00. The Kier molecular flexibility index (Phi) is 1.43. The molecule has 0 saturated heterocycles. The highest BCUT2D eigenvalue weighted by Gasteiger charge is 2.05. The number of aromatic nitrogens is 3. The van der Waals surface area contributed by atoms with E-state index in [1.165, 1.54) is 0 Å². The Morgan fingerprint density at radius 3 is 3.00 bits per heavy atom. The number of rotatable bonds is 0. The number of nitrogen functional groups attached to an aromatic ring is 1. The number of H-pyrrole nitrogens is 1. The van der Waals surface area contributed by atoms with Crippen molar-refractivity contribution in [2.45, 2.75) is 6.92 Å². The fourth-order valence-electron chi connectivity index (χ4n) is 1.24. The molecule has 0 aromatic carbocycles. The van der Waals surface area contributed by atoms with Crippen molar-refractivity contribution in [3.8, 4) is 6.07 Å². The minimum Gasteiger partial charge on any atom is -0.368 e. The molecule has 2 rings (SSSR count). The molecule has 3 N–H and O–H groups in total. The minimum atomic E-state index is 0.219. The summed E-state index contributed by atoms with van der Waals surface area (Å²) in [5.41, 5.74) is 7.31. The van der Waals surface area contributed by atoms with Crippen LogP contribution in [0.3, 0.4) is 0 Å². The molecule has 0 unspecified atom stereocenters. The highest BCUT2D eigenvalue weighted by atomic mass is 15.0. The topological polar surface area (TPSA) is 91.4 Å². The molecule has 0 fully saturated rings. The van der Waals surface area contributed by atoms with Crippen molar-refractivity contribution in [1.29, 1.82) is 5.26 Å². The van der Waals surface area contributed by atoms with Gasteiger partial charge in [0.1, 0.15) is 17.4 Å². The molecule has 0 saturated carbocycles. The highest BCUT2D eigenvalue weighted by Crippen LogP contribution is 2.16. The molecule has 0 aliphatic carbocycles. The van der Waals surface area contributed by atoms with Gasteiger partial charge in [0, 0.05) is 5.39 Å². The van der Waals surface area contributed by atoms with Gasteiger partial charge in [-0.1, -0.05) is 0 Å². The van der Waals surface area contributed by atoms with Crippen molar-refractivity contribution in [3.05, 3.63) is 17.5 Å². The first-order valence-corrected chi connectivity index (χ1v) is 3.73. The molecule has 0 atom stereocenters. The molecule has 0 spiro atoms. The van der Waals surface area contributed by atoms with Crippen LogP contribution in [0.15, 0.2) is 6.07 Å². The highest BCUT2D eigenvalue weighted by molar-refractivity contribution is 5.80. The first kappa shape index (κ1) is 7.55. The van der Waals surface area contributed by atoms with E-state index in [9.17, 15) is 0 Å². The van der Waals surface area contributed by atoms with Crippen LogP contribution in [0.4, 0.5) is 5.95 Å². The summed E-state index contributed by atoms with van der Waals surface area (Å²) >= 11 is 0. The van der Waals surface area contributed by atoms with Crippen molar-refractivity contribution in [3.63, 3.8) is 0 Å². The lowest BCUT2D eigenvalue weighted by atomic mass is 10.3. The molecule has 0 radical (unpaired) electrons. The van der Waals surface area contributed by atoms with Crippen LogP contribution in [-0.4, -0.2) is 15.0 Å². The van der Waals surface area contributed by atoms with Gasteiger partial charge < -0.3 is 10.7 Å². The van der Waals surface area contributed by atoms with E-state index < -0.39 is 0 Å². The van der Waals surface area contributed by atoms with Gasteiger partial charge in [-0.15, -0.1) is 0 Å². The van der Waals surface area contributed by atoms with Crippen LogP contribution in [0.1, 0.15) is 11.4 Å². The molecule has 0 aliphatic rings. The number of aromatic amines is 1. The van der Waals surface area contributed by atoms with E-state index in [1.54, 1.807) is 6.07 Å². The van der Waals surface area contributed by atoms with Gasteiger partial charge in [0.25, 0.3) is 0 Å². The molecular formula is C8H7N5. The summed E-state index contributed by atoms with van der Waals surface area (Å²) < 4.78 is 0. The average Bonchev–Trinajstić information content (AvgIpc) is 2.47. The summed E-state index contributed by atoms with van der Waals surface area (Å²) in [5, 5.41) is 9.48. The van der Waals surface area contributed by atoms with Crippen LogP contribution in [0.25, 0.3) is 11.0 Å². The Morgan fingerprint density at radius 2 is 2.31 bits per heavy atom. The quantitative estimate of drug-likeness (QED) is 0.614. The second-order valence-corrected chi connectivity index (χ2v) is 2.72. The lowest BCUT2D eigenvalue weighted by Crippen LogP contribution is -1.96. The zero-order valence-corrected chi connectivity index (χ0v) is 7.00. The largest absolute Gasteiger partial charge is 0.368 e. The Balaban J connectivity index is 2.84. The molecule has 2 aromatic heterocycles. The lowest BCUT2D eigenvalue weighted by Gasteiger charge is -1.95. The van der Waals surface area contributed by atoms with Gasteiger partial charge in [-0.2, -0.15) is 10.2 Å². The second kappa shape index (κ2) is 2.45. The van der Waals surface area contributed by atoms with Crippen molar-refractivity contribution in [2.75, 3.05) is 5.73 Å². The standard InChI is InChI=1S/C8H7N5/c1-4-6-2-5(3-9)12-7(6)13-8(10)11-4/h2H,1H3,(H3,10,11,12,13). The number of nitrogens with one attached hydrogen (secondary N) is 1. The van der Waals surface area contributed by atoms with Crippen LogP contribution >= 0.6 is 0 Å². The maximum atomic E-state index is 8.64. The van der Waals surface area contributed by atoms with E-state index in [2.05, 4.69) is 15.0 Å². The molecule has 2 heterocycles. The monoisotopic (exact) mass is 173 g/mol. The van der Waals surface area contributed by atoms with Gasteiger partial charge in [-0.25, -0.2) is 4.98 Å². The number of nitrogens with zero attached hydrogens (tertiary/aromatic N) is 3. The fourth-order valence-corrected chi connectivity index (χ4v) is 1.24. The van der Waals surface area contributed by atoms with Crippen molar-refractivity contribution >= 4 is 17.0 Å². The van der Waals surface area contributed by atoms with Crippen LogP contribution < -0.4 is 5.73 Å². The fraction of sp³-hybridized carbons (Fsp3) is 0.125. The van der Waals surface area contributed by atoms with Crippen LogP contribution in [-0.2, 0) is 0 Å². The lowest BCUT2D eigenvalue weighted by molar-refractivity contribution is 1.16. The van der Waals surface area contributed by atoms with E-state index in [0.29, 0.717) is 11.3 Å². The van der Waals surface area contributed by atoms with Crippen LogP contribution in [0.5, 0.6) is 0 Å². The van der Waals surface area contributed by atoms with E-state index in [0.717, 1.165) is 11.1 Å². The summed E-state index contributed by atoms with van der Waals surface area (Å²) in [5.74, 6) is 0.219. The predicted octanol–water partition coefficient (Wildman–Crippen LogP) is 0.720. The van der Waals surface area contributed by atoms with E-state index >= 15 is 0 Å². The molecule has 5 heteroatoms. The first-order valence-electron chi connectivity index (χ1n) is 3.73. The van der Waals surface area contributed by atoms with Gasteiger partial charge in [0.05, 0.1) is 5.69 Å². The van der Waals surface area contributed by atoms with Crippen LogP contribution in [0.2, 0.25) is 0 Å². The minimum absolute atomic E-state index is 0.219. The van der Waals surface area contributed by atoms with Gasteiger partial charge in [0.15, 0.2) is 0 Å². The number of hydrogen-bond acceptors (Lipinski definition) is 4. The smallest absolute Gasteiger partial charge is 0.222 e. The molecule has 5 nitrogen and oxygen atoms in total. The molecule has 64 valence electrons. The third-order valence-electron chi connectivity index (χ3n) is 1.82. The third-order valence-corrected chi connectivity index (χ3v) is 1.82. The number of nitrogens with two attached hydrogens (primary N) is 1. The number of fused-ring (bicyclic) bond motifs is 1. The first-order chi connectivity index (χ1) is 6.20. The Hall–Kier alpha value is -2.09. The summed E-state index contributed by atoms with van der Waals surface area (Å²) in [6.45, 7) is 1.83. The number of hydrogen-bond donors (Lipinski definition) is 2. The third kappa shape index (κ3) is 1.08. The normalized spacial score (nSPS) is 10.2. The van der Waals surface area contributed by atoms with Crippen molar-refractivity contribution in [2.24, 2.45) is 0 Å². The van der Waals surface area contributed by atoms with E-state index in [-0.39, 0.29) is 5.95 Å². The number of anilines is 1. The predicted molar refractivity (Wildman–Crippen MR) is 47.8 cm³/mol. The van der Waals surface area contributed by atoms with Gasteiger partial charge in [0.2, 0.25) is 5.95 Å². The Morgan fingerprint density at radius 1 is 1.54 bits per heavy atom. The average molecular weight is 173 g/mol. The van der Waals surface area contributed by atoms with E-state index in [1.807, 2.05) is 13.0 Å². The Labute approximate surface area is 74.2 Å². The SMILES string of the molecule is Cc1nc(N)nc2[nH]c(C#N)cc12. The number of nitriles is 1. The Bertz CT molecular complexity index is 505. The van der Waals surface area contributed by atoms with Crippen molar-refractivity contribution < 1.29 is 0 Å². The van der Waals surface area contributed by atoms with Gasteiger partial charge >= 0.3 is 0 Å². The molecule has 0 aliphatic heterocycles. The zero-order chi connectivity index (χ0) is 9.42. The summed E-state index contributed by atoms with van der Waals surface area (Å²) in [6, 6.07) is 3.71. The summed E-state index contributed by atoms with van der Waals surface area (Å²) in [7, 11) is 0. The molecule has 2 aromatic rings. The summed E-state index contributed by atoms with van der Waals surface area (Å²) in [6.07, 6.45) is 0. The summed E-state index contributed by atoms with van der Waals surface area (Å²) in [4.78, 5) is 10.8. The van der Waals surface area contributed by atoms with Crippen LogP contribution in [0, 0.1) is 18.3 Å². The second-order valence-electron chi connectivity index (χ2n) is 2.72. The maximum absolute atomic E-state index is 8.64. The number of aryl methyl sites for hydroxylation is 1. The van der Waals surface area contributed by atoms with Crippen molar-refractivity contribution in [1.82, 2.24) is 15.0 Å². The molecular weight excluding hydrogens is 166 g/mol. The van der Waals surface area contributed by atoms with Gasteiger partial charge in [-0.3, -0.25) is 0 Å².